The third-order valence-corrected chi connectivity index (χ3v) is 10.5. The number of rotatable bonds is 12. The Labute approximate surface area is 286 Å². The van der Waals surface area contributed by atoms with Crippen LogP contribution in [0.3, 0.4) is 0 Å². The van der Waals surface area contributed by atoms with Crippen molar-refractivity contribution in [3.8, 4) is 0 Å². The molecular weight excluding hydrogens is 636 g/mol. The summed E-state index contributed by atoms with van der Waals surface area (Å²) in [7, 11) is -3.90. The molecule has 2 aliphatic heterocycles. The monoisotopic (exact) mass is 690 g/mol. The number of carbonyl (C=O) groups is 2. The number of epoxide rings is 1. The molecule has 0 bridgehead atoms. The van der Waals surface area contributed by atoms with Gasteiger partial charge in [-0.15, -0.1) is 0 Å². The van der Waals surface area contributed by atoms with Crippen LogP contribution < -0.4 is 0 Å². The SMILES string of the molecule is CCC(OS(=O)(=O)c1ccc(C)cc1)C(C)C1OC1CC(C)/C=C/C=C(\C)C1OC(=O)CC(O)CCC(C)(O)C(OC(C)=O)/C=C\C1C. The summed E-state index contributed by atoms with van der Waals surface area (Å²) in [4.78, 5) is 24.6. The standard InChI is InChI=1S/C37H54O10S/c1-9-31(47-48(42,43)30-16-13-23(2)14-17-30)27(6)36-32(45-36)21-24(3)11-10-12-25(4)35-26(5)15-18-33(44-28(7)38)37(8,41)20-19-29(39)22-34(40)46-35/h10-18,24,26-27,29,31-33,35-36,39,41H,9,19-22H2,1-8H3/b11-10+,18-15-,25-12+. The number of allylic oxidation sites excluding steroid dienone is 3. The number of hydrogen-bond acceptors (Lipinski definition) is 10. The highest BCUT2D eigenvalue weighted by Crippen LogP contribution is 2.38. The second kappa shape index (κ2) is 17.2. The third kappa shape index (κ3) is 11.7. The van der Waals surface area contributed by atoms with Gasteiger partial charge in [-0.2, -0.15) is 8.42 Å². The zero-order valence-electron chi connectivity index (χ0n) is 29.5. The lowest BCUT2D eigenvalue weighted by Gasteiger charge is -2.32. The number of esters is 2. The van der Waals surface area contributed by atoms with Crippen LogP contribution >= 0.6 is 0 Å². The number of cyclic esters (lactones) is 1. The second-order valence-electron chi connectivity index (χ2n) is 13.8. The molecule has 268 valence electrons. The molecule has 10 nitrogen and oxygen atoms in total. The van der Waals surface area contributed by atoms with E-state index in [2.05, 4.69) is 6.92 Å². The lowest BCUT2D eigenvalue weighted by atomic mass is 9.88. The molecule has 0 aliphatic carbocycles. The Morgan fingerprint density at radius 2 is 1.83 bits per heavy atom. The fourth-order valence-corrected chi connectivity index (χ4v) is 7.25. The highest BCUT2D eigenvalue weighted by molar-refractivity contribution is 7.86. The molecule has 2 aliphatic rings. The molecule has 1 fully saturated rings. The summed E-state index contributed by atoms with van der Waals surface area (Å²) >= 11 is 0. The van der Waals surface area contributed by atoms with Crippen LogP contribution in [-0.4, -0.2) is 72.8 Å². The molecule has 48 heavy (non-hydrogen) atoms. The average molecular weight is 691 g/mol. The van der Waals surface area contributed by atoms with Crippen molar-refractivity contribution in [3.05, 3.63) is 65.8 Å². The summed E-state index contributed by atoms with van der Waals surface area (Å²) in [5.41, 5.74) is 0.311. The predicted molar refractivity (Wildman–Crippen MR) is 182 cm³/mol. The smallest absolute Gasteiger partial charge is 0.309 e. The molecule has 3 rings (SSSR count). The summed E-state index contributed by atoms with van der Waals surface area (Å²) in [6.07, 6.45) is 7.29. The van der Waals surface area contributed by atoms with Gasteiger partial charge in [-0.1, -0.05) is 69.7 Å². The highest BCUT2D eigenvalue weighted by atomic mass is 32.2. The number of carbonyl (C=O) groups excluding carboxylic acids is 2. The zero-order chi connectivity index (χ0) is 35.8. The van der Waals surface area contributed by atoms with E-state index in [-0.39, 0.29) is 54.1 Å². The number of hydrogen-bond donors (Lipinski definition) is 2. The first-order valence-corrected chi connectivity index (χ1v) is 18.3. The van der Waals surface area contributed by atoms with Crippen molar-refractivity contribution >= 4 is 22.1 Å². The Kier molecular flexibility index (Phi) is 14.2. The summed E-state index contributed by atoms with van der Waals surface area (Å²) in [6, 6.07) is 6.61. The number of aliphatic hydroxyl groups excluding tert-OH is 1. The largest absolute Gasteiger partial charge is 0.457 e. The second-order valence-corrected chi connectivity index (χ2v) is 15.3. The first kappa shape index (κ1) is 39.6. The van der Waals surface area contributed by atoms with Gasteiger partial charge in [0.05, 0.1) is 35.7 Å². The van der Waals surface area contributed by atoms with Crippen LogP contribution in [0, 0.1) is 24.7 Å². The molecule has 0 amide bonds. The molecule has 1 aromatic rings. The van der Waals surface area contributed by atoms with E-state index in [4.69, 9.17) is 18.4 Å². The molecular formula is C37H54O10S. The van der Waals surface area contributed by atoms with Crippen LogP contribution in [0.4, 0.5) is 0 Å². The molecule has 0 spiro atoms. The fourth-order valence-electron chi connectivity index (χ4n) is 6.04. The van der Waals surface area contributed by atoms with E-state index in [0.717, 1.165) is 17.6 Å². The normalized spacial score (nSPS) is 31.5. The molecule has 1 saturated heterocycles. The lowest BCUT2D eigenvalue weighted by Crippen LogP contribution is -2.42. The molecule has 10 unspecified atom stereocenters. The van der Waals surface area contributed by atoms with E-state index in [1.54, 1.807) is 43.3 Å². The first-order valence-electron chi connectivity index (χ1n) is 16.9. The molecule has 0 saturated carbocycles. The van der Waals surface area contributed by atoms with E-state index in [0.29, 0.717) is 6.42 Å². The van der Waals surface area contributed by atoms with Crippen molar-refractivity contribution in [2.45, 2.75) is 135 Å². The Balaban J connectivity index is 1.63. The van der Waals surface area contributed by atoms with E-state index in [9.17, 15) is 28.2 Å². The van der Waals surface area contributed by atoms with Gasteiger partial charge in [-0.3, -0.25) is 13.8 Å². The van der Waals surface area contributed by atoms with Crippen molar-refractivity contribution in [1.29, 1.82) is 0 Å². The van der Waals surface area contributed by atoms with Crippen LogP contribution in [0.25, 0.3) is 0 Å². The summed E-state index contributed by atoms with van der Waals surface area (Å²) in [5.74, 6) is -1.38. The topological polar surface area (TPSA) is 149 Å². The average Bonchev–Trinajstić information content (AvgIpc) is 3.77. The van der Waals surface area contributed by atoms with Gasteiger partial charge in [0, 0.05) is 18.8 Å². The minimum Gasteiger partial charge on any atom is -0.457 e. The molecule has 10 atom stereocenters. The summed E-state index contributed by atoms with van der Waals surface area (Å²) < 4.78 is 48.6. The van der Waals surface area contributed by atoms with Crippen molar-refractivity contribution < 1.29 is 46.6 Å². The molecule has 2 N–H and O–H groups in total. The minimum absolute atomic E-state index is 0.0179. The summed E-state index contributed by atoms with van der Waals surface area (Å²) in [5, 5.41) is 21.4. The van der Waals surface area contributed by atoms with Crippen LogP contribution in [0.1, 0.15) is 86.1 Å². The van der Waals surface area contributed by atoms with Crippen molar-refractivity contribution in [2.24, 2.45) is 17.8 Å². The maximum absolute atomic E-state index is 12.9. The molecule has 0 aromatic heterocycles. The van der Waals surface area contributed by atoms with Gasteiger partial charge < -0.3 is 24.4 Å². The molecule has 11 heteroatoms. The zero-order valence-corrected chi connectivity index (χ0v) is 30.3. The Bertz CT molecular complexity index is 1430. The van der Waals surface area contributed by atoms with Crippen molar-refractivity contribution in [3.63, 3.8) is 0 Å². The van der Waals surface area contributed by atoms with Gasteiger partial charge in [-0.25, -0.2) is 0 Å². The Morgan fingerprint density at radius 3 is 2.46 bits per heavy atom. The predicted octanol–water partition coefficient (Wildman–Crippen LogP) is 5.74. The van der Waals surface area contributed by atoms with Gasteiger partial charge in [0.25, 0.3) is 10.1 Å². The lowest BCUT2D eigenvalue weighted by molar-refractivity contribution is -0.157. The maximum Gasteiger partial charge on any atom is 0.309 e. The van der Waals surface area contributed by atoms with Gasteiger partial charge in [0.2, 0.25) is 0 Å². The van der Waals surface area contributed by atoms with Crippen LogP contribution in [-0.2, 0) is 38.1 Å². The summed E-state index contributed by atoms with van der Waals surface area (Å²) in [6.45, 7) is 14.4. The maximum atomic E-state index is 12.9. The number of aliphatic hydroxyl groups is 2. The number of ether oxygens (including phenoxy) is 3. The van der Waals surface area contributed by atoms with Gasteiger partial charge in [-0.05, 0) is 76.2 Å². The quantitative estimate of drug-likeness (QED) is 0.0914. The van der Waals surface area contributed by atoms with E-state index >= 15 is 0 Å². The van der Waals surface area contributed by atoms with Gasteiger partial charge in [0.15, 0.2) is 0 Å². The third-order valence-electron chi connectivity index (χ3n) is 9.16. The Morgan fingerprint density at radius 1 is 1.17 bits per heavy atom. The molecule has 2 heterocycles. The van der Waals surface area contributed by atoms with E-state index < -0.39 is 52.1 Å². The Hall–Kier alpha value is -2.83. The van der Waals surface area contributed by atoms with Crippen LogP contribution in [0.2, 0.25) is 0 Å². The van der Waals surface area contributed by atoms with E-state index in [1.165, 1.54) is 6.92 Å². The first-order chi connectivity index (χ1) is 22.4. The molecule has 1 aromatic carbocycles. The van der Waals surface area contributed by atoms with Crippen molar-refractivity contribution in [1.82, 2.24) is 0 Å². The van der Waals surface area contributed by atoms with Gasteiger partial charge in [0.1, 0.15) is 17.8 Å². The van der Waals surface area contributed by atoms with Crippen LogP contribution in [0.15, 0.2) is 65.1 Å². The fraction of sp³-hybridized carbons (Fsp3) is 0.622. The highest BCUT2D eigenvalue weighted by Gasteiger charge is 2.46. The van der Waals surface area contributed by atoms with E-state index in [1.807, 2.05) is 52.8 Å². The number of benzene rings is 1. The van der Waals surface area contributed by atoms with Gasteiger partial charge >= 0.3 is 11.9 Å². The van der Waals surface area contributed by atoms with Crippen LogP contribution in [0.5, 0.6) is 0 Å². The minimum atomic E-state index is -3.90. The number of aryl methyl sites for hydroxylation is 1. The van der Waals surface area contributed by atoms with Crippen molar-refractivity contribution in [2.75, 3.05) is 0 Å². The molecule has 0 radical (unpaired) electrons.